The first kappa shape index (κ1) is 11.1. The Morgan fingerprint density at radius 3 is 2.67 bits per heavy atom. The van der Waals surface area contributed by atoms with E-state index in [4.69, 9.17) is 20.9 Å². The van der Waals surface area contributed by atoms with Crippen LogP contribution >= 0.6 is 11.6 Å². The smallest absolute Gasteiger partial charge is 0.170 e. The molecule has 0 aliphatic heterocycles. The average Bonchev–Trinajstić information content (AvgIpc) is 2.75. The lowest BCUT2D eigenvalue weighted by molar-refractivity contribution is 0.450. The van der Waals surface area contributed by atoms with Crippen LogP contribution < -0.4 is 4.74 Å². The summed E-state index contributed by atoms with van der Waals surface area (Å²) >= 11 is 6.07. The van der Waals surface area contributed by atoms with Crippen LogP contribution in [0.4, 0.5) is 0 Å². The molecule has 0 atom stereocenters. The SMILES string of the molecule is Cc1noc2cccc(Oc3ccccc3Cl)c12. The molecule has 0 amide bonds. The van der Waals surface area contributed by atoms with Crippen LogP contribution in [0, 0.1) is 6.92 Å². The summed E-state index contributed by atoms with van der Waals surface area (Å²) in [5.41, 5.74) is 1.50. The Kier molecular flexibility index (Phi) is 2.68. The van der Waals surface area contributed by atoms with E-state index in [2.05, 4.69) is 5.16 Å². The van der Waals surface area contributed by atoms with Gasteiger partial charge >= 0.3 is 0 Å². The fourth-order valence-electron chi connectivity index (χ4n) is 1.84. The number of aromatic nitrogens is 1. The standard InChI is InChI=1S/C14H10ClNO2/c1-9-14-12(7-4-8-13(14)18-16-9)17-11-6-3-2-5-10(11)15/h2-8H,1H3. The molecule has 0 unspecified atom stereocenters. The molecular weight excluding hydrogens is 250 g/mol. The quantitative estimate of drug-likeness (QED) is 0.676. The minimum atomic E-state index is 0.573. The Bertz CT molecular complexity index is 706. The summed E-state index contributed by atoms with van der Waals surface area (Å²) in [5, 5.41) is 5.38. The van der Waals surface area contributed by atoms with Gasteiger partial charge in [-0.3, -0.25) is 0 Å². The molecule has 2 aromatic carbocycles. The summed E-state index contributed by atoms with van der Waals surface area (Å²) in [7, 11) is 0. The highest BCUT2D eigenvalue weighted by atomic mass is 35.5. The van der Waals surface area contributed by atoms with Crippen LogP contribution in [0.25, 0.3) is 11.0 Å². The van der Waals surface area contributed by atoms with Gasteiger partial charge in [0.1, 0.15) is 11.5 Å². The molecule has 1 aromatic heterocycles. The van der Waals surface area contributed by atoms with Crippen molar-refractivity contribution in [2.75, 3.05) is 0 Å². The first-order valence-corrected chi connectivity index (χ1v) is 5.91. The molecule has 0 saturated carbocycles. The van der Waals surface area contributed by atoms with E-state index in [-0.39, 0.29) is 0 Å². The molecule has 1 heterocycles. The summed E-state index contributed by atoms with van der Waals surface area (Å²) in [5.74, 6) is 1.31. The van der Waals surface area contributed by atoms with Gasteiger partial charge in [0.05, 0.1) is 16.1 Å². The average molecular weight is 260 g/mol. The largest absolute Gasteiger partial charge is 0.455 e. The summed E-state index contributed by atoms with van der Waals surface area (Å²) in [4.78, 5) is 0. The summed E-state index contributed by atoms with van der Waals surface area (Å²) in [6.45, 7) is 1.88. The van der Waals surface area contributed by atoms with Gasteiger partial charge in [0, 0.05) is 0 Å². The van der Waals surface area contributed by atoms with E-state index < -0.39 is 0 Å². The zero-order valence-corrected chi connectivity index (χ0v) is 10.4. The van der Waals surface area contributed by atoms with Crippen molar-refractivity contribution in [2.45, 2.75) is 6.92 Å². The first-order valence-electron chi connectivity index (χ1n) is 5.53. The summed E-state index contributed by atoms with van der Waals surface area (Å²) < 4.78 is 11.0. The highest BCUT2D eigenvalue weighted by molar-refractivity contribution is 6.32. The van der Waals surface area contributed by atoms with Crippen LogP contribution in [0.15, 0.2) is 47.0 Å². The van der Waals surface area contributed by atoms with Crippen LogP contribution in [0.5, 0.6) is 11.5 Å². The third-order valence-electron chi connectivity index (χ3n) is 2.69. The lowest BCUT2D eigenvalue weighted by atomic mass is 10.2. The minimum Gasteiger partial charge on any atom is -0.455 e. The zero-order valence-electron chi connectivity index (χ0n) is 9.68. The van der Waals surface area contributed by atoms with E-state index in [1.807, 2.05) is 43.3 Å². The second-order valence-corrected chi connectivity index (χ2v) is 4.34. The molecule has 0 aliphatic rings. The number of halogens is 1. The van der Waals surface area contributed by atoms with Gasteiger partial charge in [-0.15, -0.1) is 0 Å². The van der Waals surface area contributed by atoms with Crippen molar-refractivity contribution in [3.05, 3.63) is 53.2 Å². The Hall–Kier alpha value is -2.00. The summed E-state index contributed by atoms with van der Waals surface area (Å²) in [6.07, 6.45) is 0. The molecular formula is C14H10ClNO2. The number of benzene rings is 2. The molecule has 90 valence electrons. The molecule has 0 aliphatic carbocycles. The number of para-hydroxylation sites is 1. The van der Waals surface area contributed by atoms with E-state index in [1.54, 1.807) is 6.07 Å². The molecule has 4 heteroatoms. The predicted molar refractivity (Wildman–Crippen MR) is 70.3 cm³/mol. The monoisotopic (exact) mass is 259 g/mol. The molecule has 0 fully saturated rings. The fourth-order valence-corrected chi connectivity index (χ4v) is 2.01. The van der Waals surface area contributed by atoms with Gasteiger partial charge in [0.25, 0.3) is 0 Å². The van der Waals surface area contributed by atoms with Crippen molar-refractivity contribution in [3.63, 3.8) is 0 Å². The Morgan fingerprint density at radius 2 is 1.83 bits per heavy atom. The lowest BCUT2D eigenvalue weighted by Crippen LogP contribution is -1.86. The van der Waals surface area contributed by atoms with Crippen molar-refractivity contribution in [2.24, 2.45) is 0 Å². The molecule has 3 nitrogen and oxygen atoms in total. The Labute approximate surface area is 109 Å². The minimum absolute atomic E-state index is 0.573. The fraction of sp³-hybridized carbons (Fsp3) is 0.0714. The van der Waals surface area contributed by atoms with Crippen molar-refractivity contribution in [1.29, 1.82) is 0 Å². The van der Waals surface area contributed by atoms with Gasteiger partial charge in [-0.1, -0.05) is 35.0 Å². The number of nitrogens with zero attached hydrogens (tertiary/aromatic N) is 1. The maximum absolute atomic E-state index is 6.07. The first-order chi connectivity index (χ1) is 8.75. The molecule has 3 rings (SSSR count). The molecule has 0 N–H and O–H groups in total. The van der Waals surface area contributed by atoms with Gasteiger partial charge < -0.3 is 9.26 Å². The second kappa shape index (κ2) is 4.35. The van der Waals surface area contributed by atoms with E-state index in [0.717, 1.165) is 11.1 Å². The van der Waals surface area contributed by atoms with Crippen molar-refractivity contribution in [1.82, 2.24) is 5.16 Å². The lowest BCUT2D eigenvalue weighted by Gasteiger charge is -2.07. The van der Waals surface area contributed by atoms with Crippen LogP contribution in [0.1, 0.15) is 5.69 Å². The number of rotatable bonds is 2. The predicted octanol–water partition coefficient (Wildman–Crippen LogP) is 4.58. The van der Waals surface area contributed by atoms with Crippen LogP contribution in [0.3, 0.4) is 0 Å². The molecule has 3 aromatic rings. The maximum atomic E-state index is 6.07. The maximum Gasteiger partial charge on any atom is 0.170 e. The Morgan fingerprint density at radius 1 is 1.06 bits per heavy atom. The second-order valence-electron chi connectivity index (χ2n) is 3.93. The van der Waals surface area contributed by atoms with Gasteiger partial charge in [-0.05, 0) is 31.2 Å². The van der Waals surface area contributed by atoms with E-state index in [9.17, 15) is 0 Å². The highest BCUT2D eigenvalue weighted by Crippen LogP contribution is 2.34. The van der Waals surface area contributed by atoms with Crippen LogP contribution in [-0.2, 0) is 0 Å². The molecule has 0 spiro atoms. The topological polar surface area (TPSA) is 35.3 Å². The third kappa shape index (κ3) is 1.83. The van der Waals surface area contributed by atoms with Gasteiger partial charge in [0.2, 0.25) is 0 Å². The molecule has 0 saturated heterocycles. The molecule has 0 radical (unpaired) electrons. The van der Waals surface area contributed by atoms with Crippen molar-refractivity contribution < 1.29 is 9.26 Å². The van der Waals surface area contributed by atoms with E-state index in [1.165, 1.54) is 0 Å². The number of ether oxygens (including phenoxy) is 1. The van der Waals surface area contributed by atoms with Crippen LogP contribution in [-0.4, -0.2) is 5.16 Å². The van der Waals surface area contributed by atoms with Crippen LogP contribution in [0.2, 0.25) is 5.02 Å². The number of hydrogen-bond donors (Lipinski definition) is 0. The summed E-state index contributed by atoms with van der Waals surface area (Å²) in [6, 6.07) is 12.9. The van der Waals surface area contributed by atoms with E-state index >= 15 is 0 Å². The van der Waals surface area contributed by atoms with Crippen molar-refractivity contribution >= 4 is 22.6 Å². The van der Waals surface area contributed by atoms with Crippen molar-refractivity contribution in [3.8, 4) is 11.5 Å². The number of hydrogen-bond acceptors (Lipinski definition) is 3. The Balaban J connectivity index is 2.10. The van der Waals surface area contributed by atoms with Gasteiger partial charge in [0.15, 0.2) is 5.58 Å². The van der Waals surface area contributed by atoms with Gasteiger partial charge in [-0.25, -0.2) is 0 Å². The normalized spacial score (nSPS) is 10.8. The number of fused-ring (bicyclic) bond motifs is 1. The van der Waals surface area contributed by atoms with E-state index in [0.29, 0.717) is 22.1 Å². The zero-order chi connectivity index (χ0) is 12.5. The number of aryl methyl sites for hydroxylation is 1. The molecule has 18 heavy (non-hydrogen) atoms. The molecule has 0 bridgehead atoms. The highest BCUT2D eigenvalue weighted by Gasteiger charge is 2.11. The third-order valence-corrected chi connectivity index (χ3v) is 3.00. The van der Waals surface area contributed by atoms with Gasteiger partial charge in [-0.2, -0.15) is 0 Å².